The maximum absolute atomic E-state index is 11.7. The van der Waals surface area contributed by atoms with Crippen LogP contribution in [0.2, 0.25) is 0 Å². The molecule has 0 atom stereocenters. The first-order chi connectivity index (χ1) is 11.7. The van der Waals surface area contributed by atoms with Gasteiger partial charge in [-0.15, -0.1) is 5.10 Å². The molecular weight excluding hydrogens is 322 g/mol. The maximum atomic E-state index is 11.7. The van der Waals surface area contributed by atoms with Crippen LogP contribution in [0.15, 0.2) is 64.8 Å². The zero-order chi connectivity index (χ0) is 16.9. The number of nitrogens with zero attached hydrogens (tertiary/aromatic N) is 3. The molecule has 122 valence electrons. The molecule has 3 rings (SSSR count). The molecule has 5 nitrogen and oxygen atoms in total. The lowest BCUT2D eigenvalue weighted by Crippen LogP contribution is -2.21. The SMILES string of the molecule is COC(=O)Cn1c(=NN=C(C)c2ccccc2)sc2ccccc21. The van der Waals surface area contributed by atoms with Gasteiger partial charge in [0.15, 0.2) is 0 Å². The van der Waals surface area contributed by atoms with Gasteiger partial charge in [-0.25, -0.2) is 0 Å². The molecular formula is C18H17N3O2S. The summed E-state index contributed by atoms with van der Waals surface area (Å²) in [7, 11) is 1.38. The predicted octanol–water partition coefficient (Wildman–Crippen LogP) is 3.20. The Kier molecular flexibility index (Phi) is 4.86. The summed E-state index contributed by atoms with van der Waals surface area (Å²) in [6.45, 7) is 2.02. The van der Waals surface area contributed by atoms with Gasteiger partial charge in [0.1, 0.15) is 6.54 Å². The van der Waals surface area contributed by atoms with E-state index in [0.717, 1.165) is 21.5 Å². The molecule has 0 aliphatic carbocycles. The fraction of sp³-hybridized carbons (Fsp3) is 0.167. The number of thiazole rings is 1. The number of benzene rings is 2. The highest BCUT2D eigenvalue weighted by Gasteiger charge is 2.10. The van der Waals surface area contributed by atoms with E-state index in [1.165, 1.54) is 18.4 Å². The number of para-hydroxylation sites is 1. The van der Waals surface area contributed by atoms with Crippen LogP contribution < -0.4 is 4.80 Å². The van der Waals surface area contributed by atoms with Gasteiger partial charge in [0, 0.05) is 0 Å². The van der Waals surface area contributed by atoms with Crippen LogP contribution in [-0.2, 0) is 16.1 Å². The van der Waals surface area contributed by atoms with Gasteiger partial charge in [0.25, 0.3) is 0 Å². The van der Waals surface area contributed by atoms with E-state index in [9.17, 15) is 4.79 Å². The van der Waals surface area contributed by atoms with Crippen molar-refractivity contribution in [1.29, 1.82) is 0 Å². The van der Waals surface area contributed by atoms with Crippen LogP contribution in [0.4, 0.5) is 0 Å². The van der Waals surface area contributed by atoms with Gasteiger partial charge in [-0.3, -0.25) is 4.79 Å². The molecule has 0 aliphatic heterocycles. The second-order valence-corrected chi connectivity index (χ2v) is 6.18. The third-order valence-electron chi connectivity index (χ3n) is 3.58. The molecule has 0 saturated heterocycles. The maximum Gasteiger partial charge on any atom is 0.325 e. The van der Waals surface area contributed by atoms with E-state index < -0.39 is 0 Å². The smallest absolute Gasteiger partial charge is 0.325 e. The number of esters is 1. The van der Waals surface area contributed by atoms with Crippen LogP contribution in [0.25, 0.3) is 10.2 Å². The monoisotopic (exact) mass is 339 g/mol. The first kappa shape index (κ1) is 16.1. The standard InChI is InChI=1S/C18H17N3O2S/c1-13(14-8-4-3-5-9-14)19-20-18-21(12-17(22)23-2)15-10-6-7-11-16(15)24-18/h3-11H,12H2,1-2H3. The van der Waals surface area contributed by atoms with Crippen molar-refractivity contribution in [3.8, 4) is 0 Å². The zero-order valence-corrected chi connectivity index (χ0v) is 14.3. The minimum absolute atomic E-state index is 0.110. The number of fused-ring (bicyclic) bond motifs is 1. The molecule has 0 saturated carbocycles. The summed E-state index contributed by atoms with van der Waals surface area (Å²) in [4.78, 5) is 12.4. The number of hydrogen-bond donors (Lipinski definition) is 0. The highest BCUT2D eigenvalue weighted by Crippen LogP contribution is 2.16. The van der Waals surface area contributed by atoms with Crippen molar-refractivity contribution in [3.63, 3.8) is 0 Å². The second kappa shape index (κ2) is 7.23. The van der Waals surface area contributed by atoms with Crippen molar-refractivity contribution >= 4 is 33.2 Å². The number of ether oxygens (including phenoxy) is 1. The first-order valence-electron chi connectivity index (χ1n) is 7.48. The van der Waals surface area contributed by atoms with E-state index >= 15 is 0 Å². The molecule has 0 aliphatic rings. The molecule has 0 radical (unpaired) electrons. The van der Waals surface area contributed by atoms with Crippen molar-refractivity contribution in [2.45, 2.75) is 13.5 Å². The molecule has 1 heterocycles. The van der Waals surface area contributed by atoms with Gasteiger partial charge in [-0.2, -0.15) is 5.10 Å². The summed E-state index contributed by atoms with van der Waals surface area (Å²) in [6, 6.07) is 17.7. The first-order valence-corrected chi connectivity index (χ1v) is 8.29. The van der Waals surface area contributed by atoms with Crippen molar-refractivity contribution < 1.29 is 9.53 Å². The van der Waals surface area contributed by atoms with Crippen LogP contribution in [0.3, 0.4) is 0 Å². The predicted molar refractivity (Wildman–Crippen MR) is 96.0 cm³/mol. The van der Waals surface area contributed by atoms with Crippen molar-refractivity contribution in [3.05, 3.63) is 65.0 Å². The van der Waals surface area contributed by atoms with Gasteiger partial charge >= 0.3 is 5.97 Å². The van der Waals surface area contributed by atoms with E-state index in [-0.39, 0.29) is 12.5 Å². The largest absolute Gasteiger partial charge is 0.468 e. The van der Waals surface area contributed by atoms with Crippen LogP contribution in [0.1, 0.15) is 12.5 Å². The quantitative estimate of drug-likeness (QED) is 0.416. The van der Waals surface area contributed by atoms with Crippen LogP contribution >= 0.6 is 11.3 Å². The number of methoxy groups -OCH3 is 1. The number of rotatable bonds is 4. The molecule has 0 fully saturated rings. The number of hydrogen-bond acceptors (Lipinski definition) is 5. The summed E-state index contributed by atoms with van der Waals surface area (Å²) in [5, 5.41) is 8.70. The molecule has 0 unspecified atom stereocenters. The molecule has 3 aromatic rings. The average Bonchev–Trinajstić information content (AvgIpc) is 2.98. The number of carbonyl (C=O) groups excluding carboxylic acids is 1. The van der Waals surface area contributed by atoms with Gasteiger partial charge < -0.3 is 9.30 Å². The lowest BCUT2D eigenvalue weighted by molar-refractivity contribution is -0.141. The molecule has 0 spiro atoms. The van der Waals surface area contributed by atoms with E-state index in [2.05, 4.69) is 10.2 Å². The average molecular weight is 339 g/mol. The second-order valence-electron chi connectivity index (χ2n) is 5.17. The third-order valence-corrected chi connectivity index (χ3v) is 4.63. The van der Waals surface area contributed by atoms with Crippen LogP contribution in [0, 0.1) is 0 Å². The van der Waals surface area contributed by atoms with Gasteiger partial charge in [-0.1, -0.05) is 53.8 Å². The molecule has 0 bridgehead atoms. The van der Waals surface area contributed by atoms with Crippen LogP contribution in [0.5, 0.6) is 0 Å². The summed E-state index contributed by atoms with van der Waals surface area (Å²) < 4.78 is 7.67. The summed E-state index contributed by atoms with van der Waals surface area (Å²) in [5.41, 5.74) is 2.78. The third kappa shape index (κ3) is 3.44. The Morgan fingerprint density at radius 2 is 1.83 bits per heavy atom. The number of carbonyl (C=O) groups is 1. The Hall–Kier alpha value is -2.73. The minimum atomic E-state index is -0.316. The fourth-order valence-electron chi connectivity index (χ4n) is 2.30. The highest BCUT2D eigenvalue weighted by molar-refractivity contribution is 7.16. The highest BCUT2D eigenvalue weighted by atomic mass is 32.1. The molecule has 6 heteroatoms. The Labute approximate surface area is 143 Å². The van der Waals surface area contributed by atoms with Crippen molar-refractivity contribution in [2.24, 2.45) is 10.2 Å². The molecule has 24 heavy (non-hydrogen) atoms. The van der Waals surface area contributed by atoms with Crippen molar-refractivity contribution in [2.75, 3.05) is 7.11 Å². The summed E-state index contributed by atoms with van der Waals surface area (Å²) >= 11 is 1.49. The molecule has 0 amide bonds. The van der Waals surface area contributed by atoms with Gasteiger partial charge in [-0.05, 0) is 24.6 Å². The Bertz CT molecular complexity index is 955. The summed E-state index contributed by atoms with van der Waals surface area (Å²) in [6.07, 6.45) is 0. The Balaban J connectivity index is 2.08. The van der Waals surface area contributed by atoms with Gasteiger partial charge in [0.05, 0.1) is 23.0 Å². The minimum Gasteiger partial charge on any atom is -0.468 e. The fourth-order valence-corrected chi connectivity index (χ4v) is 3.28. The molecule has 2 aromatic carbocycles. The van der Waals surface area contributed by atoms with E-state index in [1.54, 1.807) is 0 Å². The Morgan fingerprint density at radius 3 is 2.58 bits per heavy atom. The topological polar surface area (TPSA) is 56.0 Å². The van der Waals surface area contributed by atoms with Gasteiger partial charge in [0.2, 0.25) is 4.80 Å². The lowest BCUT2D eigenvalue weighted by Gasteiger charge is -2.02. The van der Waals surface area contributed by atoms with Crippen LogP contribution in [-0.4, -0.2) is 23.4 Å². The normalized spacial score (nSPS) is 12.6. The van der Waals surface area contributed by atoms with Crippen molar-refractivity contribution in [1.82, 2.24) is 4.57 Å². The Morgan fingerprint density at radius 1 is 1.12 bits per heavy atom. The van der Waals surface area contributed by atoms with E-state index in [0.29, 0.717) is 4.80 Å². The number of aromatic nitrogens is 1. The molecule has 1 aromatic heterocycles. The summed E-state index contributed by atoms with van der Waals surface area (Å²) in [5.74, 6) is -0.316. The van der Waals surface area contributed by atoms with E-state index in [4.69, 9.17) is 4.74 Å². The molecule has 0 N–H and O–H groups in total. The lowest BCUT2D eigenvalue weighted by atomic mass is 10.1. The zero-order valence-electron chi connectivity index (χ0n) is 13.5. The van der Waals surface area contributed by atoms with E-state index in [1.807, 2.05) is 66.1 Å².